The van der Waals surface area contributed by atoms with Gasteiger partial charge in [0.2, 0.25) is 17.7 Å². The van der Waals surface area contributed by atoms with Gasteiger partial charge in [-0.3, -0.25) is 4.79 Å². The molecule has 0 saturated carbocycles. The zero-order chi connectivity index (χ0) is 17.8. The summed E-state index contributed by atoms with van der Waals surface area (Å²) in [7, 11) is 0. The molecule has 1 heterocycles. The van der Waals surface area contributed by atoms with Gasteiger partial charge in [-0.05, 0) is 72.3 Å². The lowest BCUT2D eigenvalue weighted by molar-refractivity contribution is -0.116. The van der Waals surface area contributed by atoms with E-state index in [0.29, 0.717) is 24.6 Å². The van der Waals surface area contributed by atoms with Crippen molar-refractivity contribution in [3.05, 3.63) is 63.1 Å². The highest BCUT2D eigenvalue weighted by Gasteiger charge is 2.11. The first-order valence-corrected chi connectivity index (χ1v) is 9.04. The fourth-order valence-electron chi connectivity index (χ4n) is 2.37. The van der Waals surface area contributed by atoms with Crippen molar-refractivity contribution < 1.29 is 9.21 Å². The highest BCUT2D eigenvalue weighted by Crippen LogP contribution is 2.20. The molecular weight excluding hydrogens is 429 g/mol. The first kappa shape index (κ1) is 17.6. The van der Waals surface area contributed by atoms with Crippen LogP contribution in [0.25, 0.3) is 11.5 Å². The number of carbonyl (C=O) groups excluding carboxylic acids is 1. The molecule has 0 fully saturated rings. The Kier molecular flexibility index (Phi) is 5.47. The molecule has 0 aliphatic rings. The van der Waals surface area contributed by atoms with Gasteiger partial charge >= 0.3 is 0 Å². The van der Waals surface area contributed by atoms with E-state index in [2.05, 4.69) is 38.1 Å². The molecule has 1 N–H and O–H groups in total. The van der Waals surface area contributed by atoms with Crippen LogP contribution in [0, 0.1) is 17.4 Å². The Morgan fingerprint density at radius 1 is 1.12 bits per heavy atom. The third-order valence-corrected chi connectivity index (χ3v) is 4.46. The first-order valence-electron chi connectivity index (χ1n) is 7.97. The second-order valence-corrected chi connectivity index (χ2v) is 7.12. The summed E-state index contributed by atoms with van der Waals surface area (Å²) in [6.07, 6.45) is 0.703. The van der Waals surface area contributed by atoms with E-state index in [4.69, 9.17) is 4.42 Å². The quantitative estimate of drug-likeness (QED) is 0.584. The maximum atomic E-state index is 12.1. The summed E-state index contributed by atoms with van der Waals surface area (Å²) in [5.41, 5.74) is 3.92. The first-order chi connectivity index (χ1) is 12.0. The molecule has 1 aromatic heterocycles. The number of carbonyl (C=O) groups is 1. The van der Waals surface area contributed by atoms with Crippen LogP contribution in [0.5, 0.6) is 0 Å². The molecule has 0 atom stereocenters. The summed E-state index contributed by atoms with van der Waals surface area (Å²) < 4.78 is 6.79. The third kappa shape index (κ3) is 4.66. The van der Waals surface area contributed by atoms with Gasteiger partial charge in [-0.15, -0.1) is 10.2 Å². The highest BCUT2D eigenvalue weighted by atomic mass is 127. The fourth-order valence-corrected chi connectivity index (χ4v) is 3.01. The van der Waals surface area contributed by atoms with Gasteiger partial charge in [0.05, 0.1) is 0 Å². The molecule has 2 aromatic carbocycles. The summed E-state index contributed by atoms with van der Waals surface area (Å²) in [4.78, 5) is 12.1. The number of aryl methyl sites for hydroxylation is 3. The van der Waals surface area contributed by atoms with Crippen molar-refractivity contribution in [2.45, 2.75) is 26.7 Å². The maximum absolute atomic E-state index is 12.1. The van der Waals surface area contributed by atoms with Gasteiger partial charge in [0.15, 0.2) is 0 Å². The SMILES string of the molecule is Cc1ccc(-c2nnc(CCC(=O)Nc3ccc(I)cc3C)o2)cc1. The Morgan fingerprint density at radius 3 is 2.60 bits per heavy atom. The molecule has 1 amide bonds. The van der Waals surface area contributed by atoms with Crippen LogP contribution in [-0.2, 0) is 11.2 Å². The molecule has 5 nitrogen and oxygen atoms in total. The van der Waals surface area contributed by atoms with Crippen molar-refractivity contribution >= 4 is 34.2 Å². The molecule has 0 bridgehead atoms. The summed E-state index contributed by atoms with van der Waals surface area (Å²) in [5.74, 6) is 0.869. The number of hydrogen-bond acceptors (Lipinski definition) is 4. The van der Waals surface area contributed by atoms with Crippen LogP contribution in [0.1, 0.15) is 23.4 Å². The molecular formula is C19H18IN3O2. The van der Waals surface area contributed by atoms with Crippen LogP contribution < -0.4 is 5.32 Å². The molecule has 0 aliphatic carbocycles. The van der Waals surface area contributed by atoms with Gasteiger partial charge in [0, 0.05) is 27.7 Å². The summed E-state index contributed by atoms with van der Waals surface area (Å²) >= 11 is 2.25. The normalized spacial score (nSPS) is 10.7. The van der Waals surface area contributed by atoms with E-state index in [1.54, 1.807) is 0 Å². The number of amides is 1. The van der Waals surface area contributed by atoms with Crippen LogP contribution >= 0.6 is 22.6 Å². The Morgan fingerprint density at radius 2 is 1.88 bits per heavy atom. The highest BCUT2D eigenvalue weighted by molar-refractivity contribution is 14.1. The number of benzene rings is 2. The van der Waals surface area contributed by atoms with Crippen molar-refractivity contribution in [1.29, 1.82) is 0 Å². The molecule has 3 aromatic rings. The van der Waals surface area contributed by atoms with Crippen molar-refractivity contribution in [2.75, 3.05) is 5.32 Å². The van der Waals surface area contributed by atoms with Gasteiger partial charge in [-0.1, -0.05) is 17.7 Å². The lowest BCUT2D eigenvalue weighted by atomic mass is 10.1. The van der Waals surface area contributed by atoms with Crippen molar-refractivity contribution in [2.24, 2.45) is 0 Å². The molecule has 25 heavy (non-hydrogen) atoms. The van der Waals surface area contributed by atoms with E-state index in [1.165, 1.54) is 5.56 Å². The molecule has 0 radical (unpaired) electrons. The second-order valence-electron chi connectivity index (χ2n) is 5.87. The van der Waals surface area contributed by atoms with E-state index in [0.717, 1.165) is 20.4 Å². The molecule has 3 rings (SSSR count). The number of nitrogens with one attached hydrogen (secondary N) is 1. The summed E-state index contributed by atoms with van der Waals surface area (Å²) in [6.45, 7) is 4.00. The van der Waals surface area contributed by atoms with Crippen LogP contribution in [0.2, 0.25) is 0 Å². The zero-order valence-electron chi connectivity index (χ0n) is 14.0. The number of halogens is 1. The fraction of sp³-hybridized carbons (Fsp3) is 0.211. The smallest absolute Gasteiger partial charge is 0.247 e. The number of aromatic nitrogens is 2. The Labute approximate surface area is 160 Å². The van der Waals surface area contributed by atoms with E-state index < -0.39 is 0 Å². The van der Waals surface area contributed by atoms with Crippen LogP contribution in [0.15, 0.2) is 46.9 Å². The Hall–Kier alpha value is -2.22. The van der Waals surface area contributed by atoms with Gasteiger partial charge < -0.3 is 9.73 Å². The number of rotatable bonds is 5. The van der Waals surface area contributed by atoms with Crippen molar-refractivity contribution in [3.63, 3.8) is 0 Å². The molecule has 128 valence electrons. The predicted octanol–water partition coefficient (Wildman–Crippen LogP) is 4.53. The monoisotopic (exact) mass is 447 g/mol. The molecule has 0 aliphatic heterocycles. The van der Waals surface area contributed by atoms with E-state index in [1.807, 2.05) is 56.3 Å². The molecule has 0 saturated heterocycles. The molecule has 0 unspecified atom stereocenters. The number of anilines is 1. The van der Waals surface area contributed by atoms with Crippen LogP contribution in [-0.4, -0.2) is 16.1 Å². The van der Waals surface area contributed by atoms with Crippen LogP contribution in [0.4, 0.5) is 5.69 Å². The lowest BCUT2D eigenvalue weighted by Crippen LogP contribution is -2.13. The van der Waals surface area contributed by atoms with Gasteiger partial charge in [-0.2, -0.15) is 0 Å². The van der Waals surface area contributed by atoms with E-state index in [9.17, 15) is 4.79 Å². The number of hydrogen-bond donors (Lipinski definition) is 1. The van der Waals surface area contributed by atoms with E-state index >= 15 is 0 Å². The Balaban J connectivity index is 1.58. The maximum Gasteiger partial charge on any atom is 0.247 e. The second kappa shape index (κ2) is 7.77. The van der Waals surface area contributed by atoms with Gasteiger partial charge in [0.1, 0.15) is 0 Å². The van der Waals surface area contributed by atoms with Crippen molar-refractivity contribution in [3.8, 4) is 11.5 Å². The molecule has 0 spiro atoms. The number of nitrogens with zero attached hydrogens (tertiary/aromatic N) is 2. The standard InChI is InChI=1S/C19H18IN3O2/c1-12-3-5-14(6-4-12)19-23-22-18(25-19)10-9-17(24)21-16-8-7-15(20)11-13(16)2/h3-8,11H,9-10H2,1-2H3,(H,21,24). The largest absolute Gasteiger partial charge is 0.421 e. The predicted molar refractivity (Wildman–Crippen MR) is 105 cm³/mol. The summed E-state index contributed by atoms with van der Waals surface area (Å²) in [5, 5.41) is 11.0. The minimum atomic E-state index is -0.0700. The summed E-state index contributed by atoms with van der Waals surface area (Å²) in [6, 6.07) is 13.8. The Bertz CT molecular complexity index is 888. The topological polar surface area (TPSA) is 68.0 Å². The lowest BCUT2D eigenvalue weighted by Gasteiger charge is -2.08. The minimum Gasteiger partial charge on any atom is -0.421 e. The minimum absolute atomic E-state index is 0.0700. The van der Waals surface area contributed by atoms with E-state index in [-0.39, 0.29) is 5.91 Å². The van der Waals surface area contributed by atoms with Crippen molar-refractivity contribution in [1.82, 2.24) is 10.2 Å². The average molecular weight is 447 g/mol. The van der Waals surface area contributed by atoms with Gasteiger partial charge in [0.25, 0.3) is 0 Å². The average Bonchev–Trinajstić information content (AvgIpc) is 3.05. The van der Waals surface area contributed by atoms with Gasteiger partial charge in [-0.25, -0.2) is 0 Å². The van der Waals surface area contributed by atoms with Crippen LogP contribution in [0.3, 0.4) is 0 Å². The third-order valence-electron chi connectivity index (χ3n) is 3.79. The zero-order valence-corrected chi connectivity index (χ0v) is 16.2. The molecule has 6 heteroatoms.